The van der Waals surface area contributed by atoms with Crippen molar-refractivity contribution in [1.29, 1.82) is 0 Å². The number of aromatic nitrogens is 2. The first-order valence-corrected chi connectivity index (χ1v) is 5.46. The lowest BCUT2D eigenvalue weighted by molar-refractivity contribution is 0.395. The van der Waals surface area contributed by atoms with Gasteiger partial charge in [0, 0.05) is 13.0 Å². The first-order valence-electron chi connectivity index (χ1n) is 5.46. The van der Waals surface area contributed by atoms with E-state index >= 15 is 0 Å². The summed E-state index contributed by atoms with van der Waals surface area (Å²) < 4.78 is 1.99. The van der Waals surface area contributed by atoms with Gasteiger partial charge >= 0.3 is 0 Å². The second-order valence-electron chi connectivity index (χ2n) is 4.85. The first kappa shape index (κ1) is 8.33. The zero-order chi connectivity index (χ0) is 9.71. The van der Waals surface area contributed by atoms with Crippen LogP contribution in [0.4, 0.5) is 0 Å². The fourth-order valence-electron chi connectivity index (χ4n) is 3.37. The maximum atomic E-state index is 9.33. The quantitative estimate of drug-likeness (QED) is 0.739. The van der Waals surface area contributed by atoms with Crippen molar-refractivity contribution in [3.05, 3.63) is 12.0 Å². The molecular formula is C11H16N2O. The van der Waals surface area contributed by atoms with Gasteiger partial charge in [-0.1, -0.05) is 6.42 Å². The molecule has 0 saturated heterocycles. The molecular weight excluding hydrogens is 176 g/mol. The Kier molecular flexibility index (Phi) is 1.64. The van der Waals surface area contributed by atoms with E-state index in [1.807, 2.05) is 11.6 Å². The molecule has 1 heterocycles. The lowest BCUT2D eigenvalue weighted by atomic mass is 9.88. The summed E-state index contributed by atoms with van der Waals surface area (Å²) in [5, 5.41) is 9.33. The zero-order valence-corrected chi connectivity index (χ0v) is 8.48. The molecule has 2 saturated carbocycles. The van der Waals surface area contributed by atoms with Crippen molar-refractivity contribution in [2.24, 2.45) is 18.9 Å². The number of hydrogen-bond acceptors (Lipinski definition) is 2. The van der Waals surface area contributed by atoms with Gasteiger partial charge in [-0.15, -0.1) is 0 Å². The number of nitrogens with zero attached hydrogens (tertiary/aromatic N) is 2. The number of aryl methyl sites for hydroxylation is 1. The molecule has 2 aliphatic rings. The van der Waals surface area contributed by atoms with Crippen molar-refractivity contribution in [1.82, 2.24) is 9.55 Å². The molecule has 0 spiro atoms. The van der Waals surface area contributed by atoms with E-state index in [2.05, 4.69) is 4.98 Å². The van der Waals surface area contributed by atoms with Crippen LogP contribution < -0.4 is 0 Å². The SMILES string of the molecule is Cn1cc(O)nc1C1CC2CCC1C2. The molecule has 2 fully saturated rings. The van der Waals surface area contributed by atoms with Crippen LogP contribution in [0.15, 0.2) is 6.20 Å². The van der Waals surface area contributed by atoms with E-state index in [1.54, 1.807) is 6.20 Å². The van der Waals surface area contributed by atoms with Crippen LogP contribution in [-0.4, -0.2) is 14.7 Å². The summed E-state index contributed by atoms with van der Waals surface area (Å²) in [6, 6.07) is 0. The highest BCUT2D eigenvalue weighted by atomic mass is 16.3. The monoisotopic (exact) mass is 192 g/mol. The van der Waals surface area contributed by atoms with Crippen LogP contribution in [-0.2, 0) is 7.05 Å². The number of fused-ring (bicyclic) bond motifs is 2. The van der Waals surface area contributed by atoms with Crippen LogP contribution in [0, 0.1) is 11.8 Å². The minimum absolute atomic E-state index is 0.172. The minimum Gasteiger partial charge on any atom is -0.492 e. The van der Waals surface area contributed by atoms with Gasteiger partial charge in [-0.05, 0) is 31.1 Å². The molecule has 2 bridgehead atoms. The predicted octanol–water partition coefficient (Wildman–Crippen LogP) is 2.03. The summed E-state index contributed by atoms with van der Waals surface area (Å²) in [5.74, 6) is 3.64. The Morgan fingerprint density at radius 3 is 2.79 bits per heavy atom. The van der Waals surface area contributed by atoms with Crippen LogP contribution in [0.5, 0.6) is 5.88 Å². The molecule has 2 aliphatic carbocycles. The van der Waals surface area contributed by atoms with Gasteiger partial charge in [-0.2, -0.15) is 4.98 Å². The van der Waals surface area contributed by atoms with Crippen LogP contribution >= 0.6 is 0 Å². The maximum absolute atomic E-state index is 9.33. The van der Waals surface area contributed by atoms with Crippen molar-refractivity contribution in [2.45, 2.75) is 31.6 Å². The predicted molar refractivity (Wildman–Crippen MR) is 53.1 cm³/mol. The smallest absolute Gasteiger partial charge is 0.229 e. The Labute approximate surface area is 83.8 Å². The Balaban J connectivity index is 1.92. The first-order chi connectivity index (χ1) is 6.74. The second kappa shape index (κ2) is 2.75. The van der Waals surface area contributed by atoms with E-state index in [4.69, 9.17) is 0 Å². The van der Waals surface area contributed by atoms with Crippen LogP contribution in [0.2, 0.25) is 0 Å². The normalized spacial score (nSPS) is 35.4. The van der Waals surface area contributed by atoms with Crippen LogP contribution in [0.1, 0.15) is 37.4 Å². The summed E-state index contributed by atoms with van der Waals surface area (Å²) in [5.41, 5.74) is 0. The second-order valence-corrected chi connectivity index (χ2v) is 4.85. The molecule has 1 aromatic heterocycles. The van der Waals surface area contributed by atoms with Gasteiger partial charge in [-0.25, -0.2) is 0 Å². The summed E-state index contributed by atoms with van der Waals surface area (Å²) in [6.07, 6.45) is 7.16. The summed E-state index contributed by atoms with van der Waals surface area (Å²) in [4.78, 5) is 4.23. The molecule has 3 heteroatoms. The molecule has 3 unspecified atom stereocenters. The largest absolute Gasteiger partial charge is 0.492 e. The zero-order valence-electron chi connectivity index (χ0n) is 8.48. The summed E-state index contributed by atoms with van der Waals surface area (Å²) in [7, 11) is 1.98. The topological polar surface area (TPSA) is 38.0 Å². The highest BCUT2D eigenvalue weighted by molar-refractivity contribution is 5.15. The fraction of sp³-hybridized carbons (Fsp3) is 0.727. The molecule has 76 valence electrons. The fourth-order valence-corrected chi connectivity index (χ4v) is 3.37. The van der Waals surface area contributed by atoms with Gasteiger partial charge in [0.1, 0.15) is 5.82 Å². The maximum Gasteiger partial charge on any atom is 0.229 e. The van der Waals surface area contributed by atoms with E-state index in [9.17, 15) is 5.11 Å². The third-order valence-electron chi connectivity index (χ3n) is 3.97. The van der Waals surface area contributed by atoms with Gasteiger partial charge < -0.3 is 9.67 Å². The van der Waals surface area contributed by atoms with Crippen molar-refractivity contribution >= 4 is 0 Å². The Morgan fingerprint density at radius 1 is 1.43 bits per heavy atom. The van der Waals surface area contributed by atoms with Crippen molar-refractivity contribution < 1.29 is 5.11 Å². The third kappa shape index (κ3) is 1.08. The Bertz CT molecular complexity index is 358. The molecule has 0 aromatic carbocycles. The molecule has 3 nitrogen and oxygen atoms in total. The van der Waals surface area contributed by atoms with E-state index in [0.717, 1.165) is 17.7 Å². The number of rotatable bonds is 1. The molecule has 0 radical (unpaired) electrons. The molecule has 0 amide bonds. The summed E-state index contributed by atoms with van der Waals surface area (Å²) >= 11 is 0. The van der Waals surface area contributed by atoms with Gasteiger partial charge in [0.25, 0.3) is 0 Å². The minimum atomic E-state index is 0.172. The van der Waals surface area contributed by atoms with E-state index in [0.29, 0.717) is 5.92 Å². The lowest BCUT2D eigenvalue weighted by Gasteiger charge is -2.20. The number of aromatic hydroxyl groups is 1. The number of hydrogen-bond donors (Lipinski definition) is 1. The van der Waals surface area contributed by atoms with E-state index in [-0.39, 0.29) is 5.88 Å². The van der Waals surface area contributed by atoms with E-state index in [1.165, 1.54) is 25.7 Å². The van der Waals surface area contributed by atoms with Gasteiger partial charge in [0.2, 0.25) is 5.88 Å². The Hall–Kier alpha value is -0.990. The molecule has 0 aliphatic heterocycles. The van der Waals surface area contributed by atoms with Crippen molar-refractivity contribution in [2.75, 3.05) is 0 Å². The molecule has 3 rings (SSSR count). The van der Waals surface area contributed by atoms with Crippen molar-refractivity contribution in [3.63, 3.8) is 0 Å². The summed E-state index contributed by atoms with van der Waals surface area (Å²) in [6.45, 7) is 0. The molecule has 1 aromatic rings. The lowest BCUT2D eigenvalue weighted by Crippen LogP contribution is -2.13. The Morgan fingerprint density at radius 2 is 2.29 bits per heavy atom. The van der Waals surface area contributed by atoms with Crippen LogP contribution in [0.25, 0.3) is 0 Å². The highest BCUT2D eigenvalue weighted by Crippen LogP contribution is 2.52. The molecule has 14 heavy (non-hydrogen) atoms. The number of imidazole rings is 1. The standard InChI is InChI=1S/C11H16N2O/c1-13-6-10(14)12-11(13)9-5-7-2-3-8(9)4-7/h6-9,14H,2-5H2,1H3. The van der Waals surface area contributed by atoms with Crippen LogP contribution in [0.3, 0.4) is 0 Å². The van der Waals surface area contributed by atoms with E-state index < -0.39 is 0 Å². The average Bonchev–Trinajstić information content (AvgIpc) is 2.79. The third-order valence-corrected chi connectivity index (χ3v) is 3.97. The molecule has 3 atom stereocenters. The van der Waals surface area contributed by atoms with Gasteiger partial charge in [0.15, 0.2) is 0 Å². The van der Waals surface area contributed by atoms with Crippen molar-refractivity contribution in [3.8, 4) is 5.88 Å². The highest BCUT2D eigenvalue weighted by Gasteiger charge is 2.41. The average molecular weight is 192 g/mol. The van der Waals surface area contributed by atoms with Gasteiger partial charge in [0.05, 0.1) is 6.20 Å². The molecule has 1 N–H and O–H groups in total. The van der Waals surface area contributed by atoms with Gasteiger partial charge in [-0.3, -0.25) is 0 Å².